The van der Waals surface area contributed by atoms with Crippen LogP contribution >= 0.6 is 0 Å². The summed E-state index contributed by atoms with van der Waals surface area (Å²) in [6, 6.07) is 16.3. The van der Waals surface area contributed by atoms with Crippen LogP contribution in [0.3, 0.4) is 0 Å². The predicted octanol–water partition coefficient (Wildman–Crippen LogP) is 3.94. The molecule has 0 heterocycles. The SMILES string of the molecule is CC(C)(C)c1ccc(OCCOc2cccc(CCN)c2)cc1. The first-order valence-corrected chi connectivity index (χ1v) is 8.14. The minimum Gasteiger partial charge on any atom is -0.490 e. The molecule has 0 aromatic heterocycles. The third-order valence-corrected chi connectivity index (χ3v) is 3.67. The van der Waals surface area contributed by atoms with E-state index in [1.54, 1.807) is 0 Å². The molecule has 0 bridgehead atoms. The van der Waals surface area contributed by atoms with Crippen molar-refractivity contribution in [3.8, 4) is 11.5 Å². The van der Waals surface area contributed by atoms with Gasteiger partial charge in [-0.2, -0.15) is 0 Å². The van der Waals surface area contributed by atoms with E-state index in [4.69, 9.17) is 15.2 Å². The number of benzene rings is 2. The quantitative estimate of drug-likeness (QED) is 0.787. The molecule has 2 aromatic rings. The van der Waals surface area contributed by atoms with Crippen molar-refractivity contribution in [2.45, 2.75) is 32.6 Å². The van der Waals surface area contributed by atoms with Crippen LogP contribution in [0.5, 0.6) is 11.5 Å². The maximum Gasteiger partial charge on any atom is 0.122 e. The van der Waals surface area contributed by atoms with Gasteiger partial charge in [0.25, 0.3) is 0 Å². The Morgan fingerprint density at radius 3 is 2.13 bits per heavy atom. The van der Waals surface area contributed by atoms with Gasteiger partial charge in [0.1, 0.15) is 24.7 Å². The van der Waals surface area contributed by atoms with Gasteiger partial charge in [0.15, 0.2) is 0 Å². The minimum absolute atomic E-state index is 0.163. The van der Waals surface area contributed by atoms with Crippen LogP contribution in [0.25, 0.3) is 0 Å². The second-order valence-electron chi connectivity index (χ2n) is 6.66. The zero-order valence-electron chi connectivity index (χ0n) is 14.3. The van der Waals surface area contributed by atoms with E-state index < -0.39 is 0 Å². The van der Waals surface area contributed by atoms with Gasteiger partial charge in [-0.05, 0) is 53.8 Å². The first-order chi connectivity index (χ1) is 11.0. The Labute approximate surface area is 139 Å². The van der Waals surface area contributed by atoms with Crippen molar-refractivity contribution in [2.24, 2.45) is 5.73 Å². The molecular weight excluding hydrogens is 286 g/mol. The van der Waals surface area contributed by atoms with Crippen LogP contribution in [0, 0.1) is 0 Å². The smallest absolute Gasteiger partial charge is 0.122 e. The van der Waals surface area contributed by atoms with Crippen molar-refractivity contribution in [1.29, 1.82) is 0 Å². The largest absolute Gasteiger partial charge is 0.490 e. The molecule has 0 spiro atoms. The fraction of sp³-hybridized carbons (Fsp3) is 0.400. The van der Waals surface area contributed by atoms with Crippen LogP contribution in [-0.4, -0.2) is 19.8 Å². The number of nitrogens with two attached hydrogens (primary N) is 1. The molecule has 0 radical (unpaired) electrons. The summed E-state index contributed by atoms with van der Waals surface area (Å²) in [6.45, 7) is 8.31. The van der Waals surface area contributed by atoms with Gasteiger partial charge in [-0.25, -0.2) is 0 Å². The highest BCUT2D eigenvalue weighted by atomic mass is 16.5. The molecule has 3 heteroatoms. The molecule has 0 amide bonds. The molecule has 0 unspecified atom stereocenters. The molecule has 2 rings (SSSR count). The topological polar surface area (TPSA) is 44.5 Å². The lowest BCUT2D eigenvalue weighted by Crippen LogP contribution is -2.11. The fourth-order valence-electron chi connectivity index (χ4n) is 2.33. The predicted molar refractivity (Wildman–Crippen MR) is 95.3 cm³/mol. The Bertz CT molecular complexity index is 600. The number of rotatable bonds is 7. The molecule has 0 aliphatic heterocycles. The Kier molecular flexibility index (Phi) is 6.05. The molecule has 0 saturated carbocycles. The van der Waals surface area contributed by atoms with Crippen molar-refractivity contribution in [3.05, 3.63) is 59.7 Å². The zero-order valence-corrected chi connectivity index (χ0v) is 14.3. The lowest BCUT2D eigenvalue weighted by atomic mass is 9.87. The van der Waals surface area contributed by atoms with Gasteiger partial charge in [0.2, 0.25) is 0 Å². The third-order valence-electron chi connectivity index (χ3n) is 3.67. The lowest BCUT2D eigenvalue weighted by Gasteiger charge is -2.19. The van der Waals surface area contributed by atoms with Crippen molar-refractivity contribution >= 4 is 0 Å². The highest BCUT2D eigenvalue weighted by molar-refractivity contribution is 5.31. The van der Waals surface area contributed by atoms with E-state index in [1.165, 1.54) is 11.1 Å². The molecule has 0 atom stereocenters. The Balaban J connectivity index is 1.78. The van der Waals surface area contributed by atoms with Gasteiger partial charge in [0.05, 0.1) is 0 Å². The van der Waals surface area contributed by atoms with Crippen LogP contribution in [0.15, 0.2) is 48.5 Å². The Morgan fingerprint density at radius 1 is 0.870 bits per heavy atom. The molecule has 0 fully saturated rings. The molecule has 3 nitrogen and oxygen atoms in total. The minimum atomic E-state index is 0.163. The highest BCUT2D eigenvalue weighted by Crippen LogP contribution is 2.24. The summed E-state index contributed by atoms with van der Waals surface area (Å²) in [5.41, 5.74) is 8.24. The van der Waals surface area contributed by atoms with E-state index >= 15 is 0 Å². The van der Waals surface area contributed by atoms with Crippen molar-refractivity contribution in [1.82, 2.24) is 0 Å². The molecule has 0 aliphatic rings. The summed E-state index contributed by atoms with van der Waals surface area (Å²) in [6.07, 6.45) is 0.869. The maximum absolute atomic E-state index is 5.73. The standard InChI is InChI=1S/C20H27NO2/c1-20(2,3)17-7-9-18(10-8-17)22-13-14-23-19-6-4-5-16(15-19)11-12-21/h4-10,15H,11-14,21H2,1-3H3. The van der Waals surface area contributed by atoms with E-state index in [-0.39, 0.29) is 5.41 Å². The summed E-state index contributed by atoms with van der Waals surface area (Å²) >= 11 is 0. The van der Waals surface area contributed by atoms with E-state index in [9.17, 15) is 0 Å². The van der Waals surface area contributed by atoms with Gasteiger partial charge < -0.3 is 15.2 Å². The van der Waals surface area contributed by atoms with E-state index in [2.05, 4.69) is 39.0 Å². The zero-order chi connectivity index (χ0) is 16.7. The third kappa shape index (κ3) is 5.61. The summed E-state index contributed by atoms with van der Waals surface area (Å²) < 4.78 is 11.5. The normalized spacial score (nSPS) is 11.3. The second kappa shape index (κ2) is 8.02. The van der Waals surface area contributed by atoms with Gasteiger partial charge in [-0.1, -0.05) is 45.0 Å². The summed E-state index contributed by atoms with van der Waals surface area (Å²) in [5.74, 6) is 1.74. The van der Waals surface area contributed by atoms with Crippen LogP contribution in [0.1, 0.15) is 31.9 Å². The number of hydrogen-bond acceptors (Lipinski definition) is 3. The van der Waals surface area contributed by atoms with Crippen LogP contribution in [0.2, 0.25) is 0 Å². The van der Waals surface area contributed by atoms with E-state index in [1.807, 2.05) is 30.3 Å². The van der Waals surface area contributed by atoms with Crippen LogP contribution < -0.4 is 15.2 Å². The van der Waals surface area contributed by atoms with Gasteiger partial charge in [0, 0.05) is 0 Å². The molecule has 0 saturated heterocycles. The highest BCUT2D eigenvalue weighted by Gasteiger charge is 2.12. The maximum atomic E-state index is 5.73. The molecule has 23 heavy (non-hydrogen) atoms. The Hall–Kier alpha value is -2.00. The van der Waals surface area contributed by atoms with Crippen LogP contribution in [0.4, 0.5) is 0 Å². The van der Waals surface area contributed by atoms with Gasteiger partial charge in [-0.15, -0.1) is 0 Å². The molecule has 2 N–H and O–H groups in total. The molecule has 0 aliphatic carbocycles. The van der Waals surface area contributed by atoms with Crippen LogP contribution in [-0.2, 0) is 11.8 Å². The van der Waals surface area contributed by atoms with Crippen molar-refractivity contribution < 1.29 is 9.47 Å². The first-order valence-electron chi connectivity index (χ1n) is 8.14. The molecular formula is C20H27NO2. The monoisotopic (exact) mass is 313 g/mol. The van der Waals surface area contributed by atoms with Crippen molar-refractivity contribution in [2.75, 3.05) is 19.8 Å². The van der Waals surface area contributed by atoms with Crippen molar-refractivity contribution in [3.63, 3.8) is 0 Å². The first kappa shape index (κ1) is 17.4. The summed E-state index contributed by atoms with van der Waals surface area (Å²) in [4.78, 5) is 0. The fourth-order valence-corrected chi connectivity index (χ4v) is 2.33. The van der Waals surface area contributed by atoms with E-state index in [0.29, 0.717) is 19.8 Å². The average molecular weight is 313 g/mol. The van der Waals surface area contributed by atoms with E-state index in [0.717, 1.165) is 17.9 Å². The number of ether oxygens (including phenoxy) is 2. The second-order valence-corrected chi connectivity index (χ2v) is 6.66. The summed E-state index contributed by atoms with van der Waals surface area (Å²) in [5, 5.41) is 0. The summed E-state index contributed by atoms with van der Waals surface area (Å²) in [7, 11) is 0. The average Bonchev–Trinajstić information content (AvgIpc) is 2.52. The van der Waals surface area contributed by atoms with Gasteiger partial charge in [-0.3, -0.25) is 0 Å². The number of hydrogen-bond donors (Lipinski definition) is 1. The Morgan fingerprint density at radius 2 is 1.52 bits per heavy atom. The molecule has 124 valence electrons. The van der Waals surface area contributed by atoms with Gasteiger partial charge >= 0.3 is 0 Å². The molecule has 2 aromatic carbocycles. The lowest BCUT2D eigenvalue weighted by molar-refractivity contribution is 0.217.